The van der Waals surface area contributed by atoms with E-state index in [1.165, 1.54) is 0 Å². The van der Waals surface area contributed by atoms with Crippen LogP contribution in [0, 0.1) is 0 Å². The summed E-state index contributed by atoms with van der Waals surface area (Å²) in [5.41, 5.74) is 0. The first kappa shape index (κ1) is 26.0. The minimum absolute atomic E-state index is 0.639. The van der Waals surface area contributed by atoms with Crippen molar-refractivity contribution >= 4 is 11.8 Å². The lowest BCUT2D eigenvalue weighted by molar-refractivity contribution is -0.344. The van der Waals surface area contributed by atoms with Gasteiger partial charge in [-0.25, -0.2) is 0 Å². The van der Waals surface area contributed by atoms with Crippen molar-refractivity contribution < 1.29 is 71.1 Å². The van der Waals surface area contributed by atoms with Gasteiger partial charge in [-0.05, 0) is 0 Å². The van der Waals surface area contributed by atoms with Gasteiger partial charge in [0.15, 0.2) is 0 Å². The quantitative estimate of drug-likeness (QED) is 0.461. The third-order valence-electron chi connectivity index (χ3n) is 2.77. The number of halogens is 14. The van der Waals surface area contributed by atoms with Gasteiger partial charge in [-0.2, -0.15) is 61.5 Å². The Morgan fingerprint density at radius 3 is 0.893 bits per heavy atom. The number of hydrogen-bond donors (Lipinski definition) is 2. The van der Waals surface area contributed by atoms with E-state index < -0.39 is 60.9 Å². The molecule has 166 valence electrons. The molecule has 0 spiro atoms. The Bertz CT molecular complexity index is 542. The predicted molar refractivity (Wildman–Crippen MR) is 57.9 cm³/mol. The summed E-state index contributed by atoms with van der Waals surface area (Å²) in [6, 6.07) is 0. The number of nitrogens with one attached hydrogen (secondary N) is 2. The van der Waals surface area contributed by atoms with Gasteiger partial charge in [-0.1, -0.05) is 0 Å². The van der Waals surface area contributed by atoms with E-state index >= 15 is 0 Å². The Labute approximate surface area is 144 Å². The number of amides is 2. The van der Waals surface area contributed by atoms with Crippen LogP contribution in [0.3, 0.4) is 0 Å². The average Bonchev–Trinajstić information content (AvgIpc) is 2.48. The molecule has 0 saturated carbocycles. The predicted octanol–water partition coefficient (Wildman–Crippen LogP) is 2.88. The van der Waals surface area contributed by atoms with Gasteiger partial charge in [0.2, 0.25) is 0 Å². The van der Waals surface area contributed by atoms with Crippen LogP contribution in [0.25, 0.3) is 0 Å². The first-order valence-corrected chi connectivity index (χ1v) is 6.26. The van der Waals surface area contributed by atoms with E-state index in [1.54, 1.807) is 0 Å². The van der Waals surface area contributed by atoms with Crippen molar-refractivity contribution in [2.45, 2.75) is 36.0 Å². The highest BCUT2D eigenvalue weighted by Gasteiger charge is 2.77. The maximum atomic E-state index is 12.8. The number of carbonyl (C=O) groups is 2. The first-order chi connectivity index (χ1) is 12.0. The summed E-state index contributed by atoms with van der Waals surface area (Å²) < 4.78 is 172. The molecular weight excluding hydrogens is 446 g/mol. The van der Waals surface area contributed by atoms with E-state index in [0.717, 1.165) is 0 Å². The molecule has 0 aromatic carbocycles. The Hall–Kier alpha value is -2.04. The SMILES string of the molecule is O=C(NCCNC(=O)C(F)(F)C(F)(F)C(F)(F)F)C(F)(F)C(F)(F)C(F)(F)F. The topological polar surface area (TPSA) is 58.2 Å². The minimum atomic E-state index is -6.88. The first-order valence-electron chi connectivity index (χ1n) is 6.26. The molecule has 2 amide bonds. The molecule has 0 fully saturated rings. The maximum absolute atomic E-state index is 12.8. The van der Waals surface area contributed by atoms with E-state index in [9.17, 15) is 71.1 Å². The zero-order valence-corrected chi connectivity index (χ0v) is 12.5. The van der Waals surface area contributed by atoms with Crippen LogP contribution in [-0.2, 0) is 9.59 Å². The van der Waals surface area contributed by atoms with Crippen molar-refractivity contribution in [1.29, 1.82) is 0 Å². The number of alkyl halides is 14. The molecule has 28 heavy (non-hydrogen) atoms. The van der Waals surface area contributed by atoms with E-state index in [-0.39, 0.29) is 0 Å². The molecule has 0 aromatic heterocycles. The normalized spacial score (nSPS) is 14.6. The number of carbonyl (C=O) groups excluding carboxylic acids is 2. The number of hydrogen-bond acceptors (Lipinski definition) is 2. The van der Waals surface area contributed by atoms with Crippen LogP contribution < -0.4 is 10.6 Å². The average molecular weight is 452 g/mol. The molecule has 0 aromatic rings. The fourth-order valence-corrected chi connectivity index (χ4v) is 1.22. The zero-order valence-electron chi connectivity index (χ0n) is 12.5. The maximum Gasteiger partial charge on any atom is 0.460 e. The zero-order chi connectivity index (χ0) is 23.0. The lowest BCUT2D eigenvalue weighted by Gasteiger charge is -2.27. The molecule has 4 nitrogen and oxygen atoms in total. The molecule has 0 heterocycles. The van der Waals surface area contributed by atoms with Crippen molar-refractivity contribution in [3.05, 3.63) is 0 Å². The fourth-order valence-electron chi connectivity index (χ4n) is 1.22. The third-order valence-corrected chi connectivity index (χ3v) is 2.77. The summed E-state index contributed by atoms with van der Waals surface area (Å²) in [4.78, 5) is 21.4. The Kier molecular flexibility index (Phi) is 6.87. The van der Waals surface area contributed by atoms with E-state index in [1.807, 2.05) is 0 Å². The van der Waals surface area contributed by atoms with Crippen LogP contribution in [0.15, 0.2) is 0 Å². The fraction of sp³-hybridized carbons (Fsp3) is 0.800. The van der Waals surface area contributed by atoms with Crippen LogP contribution >= 0.6 is 0 Å². The number of rotatable bonds is 7. The van der Waals surface area contributed by atoms with E-state index in [2.05, 4.69) is 0 Å². The molecule has 0 rings (SSSR count). The second-order valence-electron chi connectivity index (χ2n) is 4.80. The Morgan fingerprint density at radius 1 is 0.500 bits per heavy atom. The van der Waals surface area contributed by atoms with Gasteiger partial charge in [0.1, 0.15) is 0 Å². The Balaban J connectivity index is 4.93. The molecule has 0 aliphatic carbocycles. The molecule has 0 bridgehead atoms. The summed E-state index contributed by atoms with van der Waals surface area (Å²) in [6.07, 6.45) is -13.8. The molecular formula is C10H6F14N2O2. The molecule has 0 saturated heterocycles. The third kappa shape index (κ3) is 4.50. The molecule has 0 atom stereocenters. The highest BCUT2D eigenvalue weighted by Crippen LogP contribution is 2.47. The smallest absolute Gasteiger partial charge is 0.349 e. The van der Waals surface area contributed by atoms with Crippen molar-refractivity contribution in [3.63, 3.8) is 0 Å². The molecule has 0 radical (unpaired) electrons. The van der Waals surface area contributed by atoms with Crippen LogP contribution in [0.5, 0.6) is 0 Å². The van der Waals surface area contributed by atoms with Crippen LogP contribution in [0.2, 0.25) is 0 Å². The van der Waals surface area contributed by atoms with Gasteiger partial charge < -0.3 is 10.6 Å². The van der Waals surface area contributed by atoms with Gasteiger partial charge in [-0.15, -0.1) is 0 Å². The van der Waals surface area contributed by atoms with Gasteiger partial charge in [0.05, 0.1) is 0 Å². The monoisotopic (exact) mass is 452 g/mol. The standard InChI is InChI=1S/C10H6F14N2O2/c11-5(12,7(15,16)9(19,20)21)3(27)25-1-2-26-4(28)6(13,14)8(17,18)10(22,23)24/h1-2H2,(H,25,27)(H,26,28). The summed E-state index contributed by atoms with van der Waals surface area (Å²) in [6.45, 7) is -3.22. The second kappa shape index (κ2) is 7.41. The highest BCUT2D eigenvalue weighted by atomic mass is 19.4. The van der Waals surface area contributed by atoms with Crippen LogP contribution in [0.4, 0.5) is 61.5 Å². The summed E-state index contributed by atoms with van der Waals surface area (Å²) in [5, 5.41) is 1.28. The van der Waals surface area contributed by atoms with Crippen molar-refractivity contribution in [3.8, 4) is 0 Å². The molecule has 0 unspecified atom stereocenters. The minimum Gasteiger partial charge on any atom is -0.349 e. The second-order valence-corrected chi connectivity index (χ2v) is 4.80. The molecule has 18 heteroatoms. The largest absolute Gasteiger partial charge is 0.460 e. The lowest BCUT2D eigenvalue weighted by atomic mass is 10.1. The van der Waals surface area contributed by atoms with Gasteiger partial charge >= 0.3 is 36.0 Å². The molecule has 0 aliphatic rings. The van der Waals surface area contributed by atoms with Gasteiger partial charge in [0.25, 0.3) is 11.8 Å². The summed E-state index contributed by atoms with van der Waals surface area (Å²) in [7, 11) is 0. The van der Waals surface area contributed by atoms with Crippen LogP contribution in [0.1, 0.15) is 0 Å². The van der Waals surface area contributed by atoms with Crippen molar-refractivity contribution in [2.75, 3.05) is 13.1 Å². The summed E-state index contributed by atoms with van der Waals surface area (Å²) in [5.74, 6) is -33.1. The van der Waals surface area contributed by atoms with Gasteiger partial charge in [-0.3, -0.25) is 9.59 Å². The summed E-state index contributed by atoms with van der Waals surface area (Å²) >= 11 is 0. The highest BCUT2D eigenvalue weighted by molar-refractivity contribution is 5.86. The van der Waals surface area contributed by atoms with E-state index in [0.29, 0.717) is 10.6 Å². The lowest BCUT2D eigenvalue weighted by Crippen LogP contribution is -2.61. The molecule has 2 N–H and O–H groups in total. The van der Waals surface area contributed by atoms with Crippen LogP contribution in [-0.4, -0.2) is 60.9 Å². The van der Waals surface area contributed by atoms with E-state index in [4.69, 9.17) is 0 Å². The Morgan fingerprint density at radius 2 is 0.714 bits per heavy atom. The molecule has 0 aliphatic heterocycles. The van der Waals surface area contributed by atoms with Crippen molar-refractivity contribution in [1.82, 2.24) is 10.6 Å². The van der Waals surface area contributed by atoms with Gasteiger partial charge in [0, 0.05) is 13.1 Å². The van der Waals surface area contributed by atoms with Crippen molar-refractivity contribution in [2.24, 2.45) is 0 Å².